The van der Waals surface area contributed by atoms with E-state index in [-0.39, 0.29) is 0 Å². The van der Waals surface area contributed by atoms with Crippen molar-refractivity contribution in [3.63, 3.8) is 0 Å². The van der Waals surface area contributed by atoms with E-state index < -0.39 is 5.63 Å². The van der Waals surface area contributed by atoms with Crippen LogP contribution in [0.3, 0.4) is 0 Å². The first kappa shape index (κ1) is 12.8. The van der Waals surface area contributed by atoms with Crippen molar-refractivity contribution < 1.29 is 9.04 Å². The fraction of sp³-hybridized carbons (Fsp3) is 0. The van der Waals surface area contributed by atoms with Gasteiger partial charge in [0.1, 0.15) is 5.52 Å². The van der Waals surface area contributed by atoms with Crippen LogP contribution < -0.4 is 15.5 Å². The molecule has 0 aliphatic rings. The lowest BCUT2D eigenvalue weighted by molar-refractivity contribution is -0.568. The normalized spacial score (nSPS) is 11.1. The summed E-state index contributed by atoms with van der Waals surface area (Å²) in [6, 6.07) is 14.6. The molecule has 0 aliphatic carbocycles. The zero-order chi connectivity index (χ0) is 15.1. The maximum Gasteiger partial charge on any atom is 0.439 e. The molecule has 0 atom stereocenters. The molecule has 7 heteroatoms. The first-order chi connectivity index (χ1) is 10.7. The number of para-hydroxylation sites is 2. The topological polar surface area (TPSA) is 75.0 Å². The molecule has 4 rings (SSSR count). The molecule has 0 amide bonds. The average molecular weight is 314 g/mol. The van der Waals surface area contributed by atoms with E-state index in [4.69, 9.17) is 16.1 Å². The van der Waals surface area contributed by atoms with Crippen molar-refractivity contribution >= 4 is 39.7 Å². The monoisotopic (exact) mass is 313 g/mol. The Hall–Kier alpha value is -2.86. The standard InChI is InChI=1S/C15H9ClN4O2/c16-9-5-7-10(8-6-9)17-14-13-15(21)22-19-20(13)12-4-2-1-3-11(12)18-14/h1-8H,(H-,17,18,19,21)/p+1. The fourth-order valence-electron chi connectivity index (χ4n) is 2.32. The van der Waals surface area contributed by atoms with Gasteiger partial charge in [0.15, 0.2) is 0 Å². The second-order valence-electron chi connectivity index (χ2n) is 4.75. The summed E-state index contributed by atoms with van der Waals surface area (Å²) in [5.74, 6) is 0.413. The molecule has 4 aromatic rings. The van der Waals surface area contributed by atoms with Crippen LogP contribution in [-0.4, -0.2) is 10.3 Å². The number of anilines is 2. The Kier molecular flexibility index (Phi) is 2.83. The summed E-state index contributed by atoms with van der Waals surface area (Å²) in [5, 5.41) is 6.35. The van der Waals surface area contributed by atoms with Crippen LogP contribution in [0.1, 0.15) is 0 Å². The van der Waals surface area contributed by atoms with Crippen molar-refractivity contribution in [1.82, 2.24) is 10.3 Å². The first-order valence-corrected chi connectivity index (χ1v) is 6.95. The Morgan fingerprint density at radius 2 is 1.91 bits per heavy atom. The maximum absolute atomic E-state index is 12.0. The van der Waals surface area contributed by atoms with E-state index in [1.165, 1.54) is 0 Å². The van der Waals surface area contributed by atoms with Crippen LogP contribution in [-0.2, 0) is 0 Å². The van der Waals surface area contributed by atoms with Gasteiger partial charge in [-0.15, -0.1) is 0 Å². The second kappa shape index (κ2) is 4.85. The molecule has 0 radical (unpaired) electrons. The molecule has 22 heavy (non-hydrogen) atoms. The summed E-state index contributed by atoms with van der Waals surface area (Å²) >= 11 is 5.88. The average Bonchev–Trinajstić information content (AvgIpc) is 2.92. The molecule has 0 fully saturated rings. The Morgan fingerprint density at radius 3 is 2.73 bits per heavy atom. The van der Waals surface area contributed by atoms with Crippen molar-refractivity contribution in [1.29, 1.82) is 0 Å². The van der Waals surface area contributed by atoms with Gasteiger partial charge in [0.25, 0.3) is 5.52 Å². The number of hydrogen-bond acceptors (Lipinski definition) is 4. The van der Waals surface area contributed by atoms with Gasteiger partial charge < -0.3 is 5.32 Å². The molecule has 108 valence electrons. The molecule has 0 bridgehead atoms. The van der Waals surface area contributed by atoms with Gasteiger partial charge in [-0.1, -0.05) is 23.7 Å². The van der Waals surface area contributed by atoms with Gasteiger partial charge in [-0.05, 0) is 40.1 Å². The Bertz CT molecular complexity index is 1040. The van der Waals surface area contributed by atoms with Crippen molar-refractivity contribution in [2.45, 2.75) is 0 Å². The SMILES string of the molecule is O=c1o[nH][n+]2c1c(Nc1ccc(Cl)cc1)nc1ccccc12. The van der Waals surface area contributed by atoms with Gasteiger partial charge in [0.2, 0.25) is 5.82 Å². The number of nitrogens with one attached hydrogen (secondary N) is 2. The zero-order valence-corrected chi connectivity index (χ0v) is 12.0. The van der Waals surface area contributed by atoms with Crippen molar-refractivity contribution in [2.75, 3.05) is 5.32 Å². The number of nitrogens with zero attached hydrogens (tertiary/aromatic N) is 2. The highest BCUT2D eigenvalue weighted by molar-refractivity contribution is 6.30. The van der Waals surface area contributed by atoms with E-state index in [2.05, 4.69) is 15.6 Å². The van der Waals surface area contributed by atoms with Gasteiger partial charge in [0, 0.05) is 16.8 Å². The van der Waals surface area contributed by atoms with Crippen LogP contribution in [0.15, 0.2) is 57.8 Å². The number of rotatable bonds is 2. The van der Waals surface area contributed by atoms with Crippen LogP contribution in [0, 0.1) is 0 Å². The molecule has 2 aromatic carbocycles. The molecule has 0 saturated carbocycles. The quantitative estimate of drug-likeness (QED) is 0.558. The molecule has 0 aliphatic heterocycles. The predicted octanol–water partition coefficient (Wildman–Crippen LogP) is 2.65. The van der Waals surface area contributed by atoms with Crippen molar-refractivity contribution in [3.05, 3.63) is 64.0 Å². The van der Waals surface area contributed by atoms with Crippen LogP contribution >= 0.6 is 11.6 Å². The summed E-state index contributed by atoms with van der Waals surface area (Å²) in [6.07, 6.45) is 0. The van der Waals surface area contributed by atoms with Crippen LogP contribution in [0.4, 0.5) is 11.5 Å². The molecule has 6 nitrogen and oxygen atoms in total. The van der Waals surface area contributed by atoms with Gasteiger partial charge in [-0.3, -0.25) is 4.52 Å². The molecule has 0 unspecified atom stereocenters. The Labute approximate surface area is 128 Å². The van der Waals surface area contributed by atoms with Gasteiger partial charge in [-0.2, -0.15) is 0 Å². The lowest BCUT2D eigenvalue weighted by atomic mass is 10.3. The van der Waals surface area contributed by atoms with E-state index in [0.29, 0.717) is 16.4 Å². The molecule has 2 N–H and O–H groups in total. The second-order valence-corrected chi connectivity index (χ2v) is 5.18. The number of hydrogen-bond donors (Lipinski definition) is 2. The molecule has 0 spiro atoms. The summed E-state index contributed by atoms with van der Waals surface area (Å²) < 4.78 is 6.47. The number of benzene rings is 2. The van der Waals surface area contributed by atoms with E-state index in [1.807, 2.05) is 36.4 Å². The maximum atomic E-state index is 12.0. The smallest absolute Gasteiger partial charge is 0.334 e. The highest BCUT2D eigenvalue weighted by Crippen LogP contribution is 2.20. The van der Waals surface area contributed by atoms with Gasteiger partial charge in [0.05, 0.1) is 0 Å². The molecule has 0 saturated heterocycles. The zero-order valence-electron chi connectivity index (χ0n) is 11.2. The Morgan fingerprint density at radius 1 is 1.14 bits per heavy atom. The minimum Gasteiger partial charge on any atom is -0.334 e. The van der Waals surface area contributed by atoms with Crippen molar-refractivity contribution in [3.8, 4) is 0 Å². The fourth-order valence-corrected chi connectivity index (χ4v) is 2.45. The minimum absolute atomic E-state index is 0.314. The van der Waals surface area contributed by atoms with Crippen LogP contribution in [0.5, 0.6) is 0 Å². The molecular weight excluding hydrogens is 304 g/mol. The van der Waals surface area contributed by atoms with E-state index >= 15 is 0 Å². The molecular formula is C15H10ClN4O2+. The molecule has 2 aromatic heterocycles. The first-order valence-electron chi connectivity index (χ1n) is 6.57. The lowest BCUT2D eigenvalue weighted by Gasteiger charge is -2.04. The number of fused-ring (bicyclic) bond motifs is 3. The summed E-state index contributed by atoms with van der Waals surface area (Å²) in [5.41, 5.74) is 2.08. The summed E-state index contributed by atoms with van der Waals surface area (Å²) in [7, 11) is 0. The third kappa shape index (κ3) is 2.01. The predicted molar refractivity (Wildman–Crippen MR) is 82.5 cm³/mol. The van der Waals surface area contributed by atoms with Gasteiger partial charge in [-0.25, -0.2) is 9.78 Å². The third-order valence-electron chi connectivity index (χ3n) is 3.33. The van der Waals surface area contributed by atoms with E-state index in [1.54, 1.807) is 16.6 Å². The summed E-state index contributed by atoms with van der Waals surface area (Å²) in [4.78, 5) is 16.5. The van der Waals surface area contributed by atoms with E-state index in [9.17, 15) is 4.79 Å². The minimum atomic E-state index is -0.491. The van der Waals surface area contributed by atoms with E-state index in [0.717, 1.165) is 16.7 Å². The van der Waals surface area contributed by atoms with Crippen molar-refractivity contribution in [2.24, 2.45) is 0 Å². The largest absolute Gasteiger partial charge is 0.439 e. The lowest BCUT2D eigenvalue weighted by Crippen LogP contribution is -2.27. The van der Waals surface area contributed by atoms with Crippen LogP contribution in [0.2, 0.25) is 5.02 Å². The number of halogens is 1. The van der Waals surface area contributed by atoms with Gasteiger partial charge >= 0.3 is 11.1 Å². The number of aromatic nitrogens is 3. The number of H-pyrrole nitrogens is 1. The summed E-state index contributed by atoms with van der Waals surface area (Å²) in [6.45, 7) is 0. The Balaban J connectivity index is 1.96. The van der Waals surface area contributed by atoms with Crippen LogP contribution in [0.25, 0.3) is 16.6 Å². The number of aromatic amines is 1. The third-order valence-corrected chi connectivity index (χ3v) is 3.58. The highest BCUT2D eigenvalue weighted by atomic mass is 35.5. The molecule has 2 heterocycles. The highest BCUT2D eigenvalue weighted by Gasteiger charge is 2.23.